The van der Waals surface area contributed by atoms with E-state index in [0.717, 1.165) is 31.7 Å². The fraction of sp³-hybridized carbons (Fsp3) is 0.583. The normalized spacial score (nSPS) is 13.1. The molecule has 15 heavy (non-hydrogen) atoms. The van der Waals surface area contributed by atoms with Crippen molar-refractivity contribution in [1.29, 1.82) is 0 Å². The fourth-order valence-corrected chi connectivity index (χ4v) is 1.70. The molecule has 0 spiro atoms. The smallest absolute Gasteiger partial charge is 0.0544 e. The molecular formula is C12H21N3. The molecule has 0 aliphatic heterocycles. The lowest BCUT2D eigenvalue weighted by molar-refractivity contribution is 0.201. The summed E-state index contributed by atoms with van der Waals surface area (Å²) in [5.74, 6) is 0. The van der Waals surface area contributed by atoms with Gasteiger partial charge in [0.2, 0.25) is 0 Å². The molecule has 1 aromatic heterocycles. The highest BCUT2D eigenvalue weighted by Crippen LogP contribution is 2.07. The highest BCUT2D eigenvalue weighted by molar-refractivity contribution is 5.03. The molecule has 0 saturated heterocycles. The van der Waals surface area contributed by atoms with Gasteiger partial charge >= 0.3 is 0 Å². The Balaban J connectivity index is 2.53. The SMILES string of the molecule is CCN(Cc1ccccn1)C(C)CCN. The van der Waals surface area contributed by atoms with Gasteiger partial charge in [-0.25, -0.2) is 0 Å². The van der Waals surface area contributed by atoms with Crippen LogP contribution in [0.4, 0.5) is 0 Å². The summed E-state index contributed by atoms with van der Waals surface area (Å²) in [5, 5.41) is 0. The second-order valence-electron chi connectivity index (χ2n) is 3.81. The van der Waals surface area contributed by atoms with Gasteiger partial charge in [0.05, 0.1) is 5.69 Å². The van der Waals surface area contributed by atoms with Gasteiger partial charge < -0.3 is 5.73 Å². The summed E-state index contributed by atoms with van der Waals surface area (Å²) in [6.45, 7) is 7.10. The quantitative estimate of drug-likeness (QED) is 0.771. The number of hydrogen-bond donors (Lipinski definition) is 1. The van der Waals surface area contributed by atoms with E-state index >= 15 is 0 Å². The summed E-state index contributed by atoms with van der Waals surface area (Å²) in [7, 11) is 0. The Morgan fingerprint density at radius 2 is 2.27 bits per heavy atom. The first-order valence-corrected chi connectivity index (χ1v) is 5.62. The van der Waals surface area contributed by atoms with E-state index in [2.05, 4.69) is 29.8 Å². The molecule has 0 aromatic carbocycles. The molecule has 2 N–H and O–H groups in total. The number of pyridine rings is 1. The third-order valence-corrected chi connectivity index (χ3v) is 2.71. The molecule has 84 valence electrons. The number of nitrogens with zero attached hydrogens (tertiary/aromatic N) is 2. The van der Waals surface area contributed by atoms with Gasteiger partial charge in [-0.2, -0.15) is 0 Å². The Kier molecular flexibility index (Phi) is 5.29. The van der Waals surface area contributed by atoms with Gasteiger partial charge in [0, 0.05) is 18.8 Å². The predicted octanol–water partition coefficient (Wildman–Crippen LogP) is 1.64. The predicted molar refractivity (Wildman–Crippen MR) is 63.5 cm³/mol. The molecule has 0 fully saturated rings. The lowest BCUT2D eigenvalue weighted by Crippen LogP contribution is -2.34. The zero-order chi connectivity index (χ0) is 11.1. The minimum atomic E-state index is 0.530. The first kappa shape index (κ1) is 12.1. The van der Waals surface area contributed by atoms with Gasteiger partial charge in [-0.05, 0) is 38.6 Å². The number of hydrogen-bond acceptors (Lipinski definition) is 3. The van der Waals surface area contributed by atoms with Crippen molar-refractivity contribution in [2.45, 2.75) is 32.9 Å². The molecule has 3 nitrogen and oxygen atoms in total. The van der Waals surface area contributed by atoms with Gasteiger partial charge in [-0.15, -0.1) is 0 Å². The largest absolute Gasteiger partial charge is 0.330 e. The van der Waals surface area contributed by atoms with Crippen LogP contribution < -0.4 is 5.73 Å². The van der Waals surface area contributed by atoms with Crippen LogP contribution >= 0.6 is 0 Å². The molecule has 1 heterocycles. The summed E-state index contributed by atoms with van der Waals surface area (Å²) in [4.78, 5) is 6.73. The van der Waals surface area contributed by atoms with Crippen LogP contribution in [0, 0.1) is 0 Å². The number of aromatic nitrogens is 1. The Labute approximate surface area is 92.3 Å². The lowest BCUT2D eigenvalue weighted by atomic mass is 10.2. The summed E-state index contributed by atoms with van der Waals surface area (Å²) >= 11 is 0. The molecule has 0 amide bonds. The van der Waals surface area contributed by atoms with Crippen molar-refractivity contribution in [2.75, 3.05) is 13.1 Å². The minimum Gasteiger partial charge on any atom is -0.330 e. The molecule has 1 atom stereocenters. The first-order valence-electron chi connectivity index (χ1n) is 5.62. The lowest BCUT2D eigenvalue weighted by Gasteiger charge is -2.27. The average molecular weight is 207 g/mol. The van der Waals surface area contributed by atoms with Crippen LogP contribution in [0.15, 0.2) is 24.4 Å². The minimum absolute atomic E-state index is 0.530. The van der Waals surface area contributed by atoms with Crippen LogP contribution in [-0.4, -0.2) is 29.0 Å². The molecule has 1 unspecified atom stereocenters. The van der Waals surface area contributed by atoms with Crippen molar-refractivity contribution in [3.63, 3.8) is 0 Å². The molecule has 0 aliphatic carbocycles. The van der Waals surface area contributed by atoms with Crippen molar-refractivity contribution in [3.05, 3.63) is 30.1 Å². The maximum absolute atomic E-state index is 5.57. The molecule has 0 aliphatic rings. The van der Waals surface area contributed by atoms with Crippen molar-refractivity contribution in [3.8, 4) is 0 Å². The number of rotatable bonds is 6. The Bertz CT molecular complexity index is 261. The second-order valence-corrected chi connectivity index (χ2v) is 3.81. The molecule has 0 radical (unpaired) electrons. The Morgan fingerprint density at radius 1 is 1.47 bits per heavy atom. The van der Waals surface area contributed by atoms with E-state index < -0.39 is 0 Å². The standard InChI is InChI=1S/C12H21N3/c1-3-15(11(2)7-8-13)10-12-6-4-5-9-14-12/h4-6,9,11H,3,7-8,10,13H2,1-2H3. The monoisotopic (exact) mass is 207 g/mol. The highest BCUT2D eigenvalue weighted by atomic mass is 15.1. The van der Waals surface area contributed by atoms with E-state index in [1.165, 1.54) is 0 Å². The third-order valence-electron chi connectivity index (χ3n) is 2.71. The molecule has 0 bridgehead atoms. The zero-order valence-electron chi connectivity index (χ0n) is 9.69. The van der Waals surface area contributed by atoms with Gasteiger partial charge in [0.1, 0.15) is 0 Å². The van der Waals surface area contributed by atoms with E-state index in [4.69, 9.17) is 5.73 Å². The maximum Gasteiger partial charge on any atom is 0.0544 e. The van der Waals surface area contributed by atoms with Crippen molar-refractivity contribution >= 4 is 0 Å². The maximum atomic E-state index is 5.57. The first-order chi connectivity index (χ1) is 7.27. The van der Waals surface area contributed by atoms with Crippen molar-refractivity contribution in [1.82, 2.24) is 9.88 Å². The van der Waals surface area contributed by atoms with E-state index in [1.807, 2.05) is 18.3 Å². The molecule has 3 heteroatoms. The molecule has 0 saturated carbocycles. The van der Waals surface area contributed by atoms with Crippen LogP contribution in [-0.2, 0) is 6.54 Å². The van der Waals surface area contributed by atoms with Crippen LogP contribution in [0.2, 0.25) is 0 Å². The van der Waals surface area contributed by atoms with Gasteiger partial charge in [0.15, 0.2) is 0 Å². The van der Waals surface area contributed by atoms with E-state index in [-0.39, 0.29) is 0 Å². The van der Waals surface area contributed by atoms with Crippen molar-refractivity contribution < 1.29 is 0 Å². The van der Waals surface area contributed by atoms with Crippen LogP contribution in [0.1, 0.15) is 26.0 Å². The van der Waals surface area contributed by atoms with Crippen LogP contribution in [0.5, 0.6) is 0 Å². The Hall–Kier alpha value is -0.930. The van der Waals surface area contributed by atoms with Gasteiger partial charge in [-0.1, -0.05) is 13.0 Å². The summed E-state index contributed by atoms with van der Waals surface area (Å²) < 4.78 is 0. The summed E-state index contributed by atoms with van der Waals surface area (Å²) in [6.07, 6.45) is 2.89. The number of nitrogens with two attached hydrogens (primary N) is 1. The average Bonchev–Trinajstić information content (AvgIpc) is 2.27. The highest BCUT2D eigenvalue weighted by Gasteiger charge is 2.11. The third kappa shape index (κ3) is 3.98. The summed E-state index contributed by atoms with van der Waals surface area (Å²) in [5.41, 5.74) is 6.70. The van der Waals surface area contributed by atoms with E-state index in [1.54, 1.807) is 0 Å². The van der Waals surface area contributed by atoms with E-state index in [0.29, 0.717) is 6.04 Å². The van der Waals surface area contributed by atoms with Crippen LogP contribution in [0.3, 0.4) is 0 Å². The second kappa shape index (κ2) is 6.53. The van der Waals surface area contributed by atoms with Crippen molar-refractivity contribution in [2.24, 2.45) is 5.73 Å². The molecular weight excluding hydrogens is 186 g/mol. The molecule has 1 aromatic rings. The Morgan fingerprint density at radius 3 is 2.80 bits per heavy atom. The summed E-state index contributed by atoms with van der Waals surface area (Å²) in [6, 6.07) is 6.58. The van der Waals surface area contributed by atoms with Crippen LogP contribution in [0.25, 0.3) is 0 Å². The van der Waals surface area contributed by atoms with Gasteiger partial charge in [-0.3, -0.25) is 9.88 Å². The molecule has 1 rings (SSSR count). The van der Waals surface area contributed by atoms with E-state index in [9.17, 15) is 0 Å². The zero-order valence-corrected chi connectivity index (χ0v) is 9.69. The van der Waals surface area contributed by atoms with Gasteiger partial charge in [0.25, 0.3) is 0 Å². The topological polar surface area (TPSA) is 42.2 Å². The fourth-order valence-electron chi connectivity index (χ4n) is 1.70.